The molecule has 2 aliphatic rings. The van der Waals surface area contributed by atoms with E-state index in [1.54, 1.807) is 19.0 Å². The van der Waals surface area contributed by atoms with Crippen molar-refractivity contribution in [3.05, 3.63) is 29.6 Å². The Bertz CT molecular complexity index is 659. The highest BCUT2D eigenvalue weighted by Crippen LogP contribution is 2.30. The lowest BCUT2D eigenvalue weighted by molar-refractivity contribution is 0.0823. The largest absolute Gasteiger partial charge is 0.381 e. The molecule has 0 unspecified atom stereocenters. The average molecular weight is 349 g/mol. The maximum absolute atomic E-state index is 13.9. The Balaban J connectivity index is 1.63. The molecule has 2 saturated heterocycles. The lowest BCUT2D eigenvalue weighted by Gasteiger charge is -2.20. The number of amides is 3. The van der Waals surface area contributed by atoms with Crippen LogP contribution in [0.1, 0.15) is 23.2 Å². The fourth-order valence-electron chi connectivity index (χ4n) is 3.49. The summed E-state index contributed by atoms with van der Waals surface area (Å²) in [7, 11) is 3.12. The zero-order valence-corrected chi connectivity index (χ0v) is 14.6. The van der Waals surface area contributed by atoms with Crippen LogP contribution >= 0.6 is 0 Å². The number of halogens is 1. The van der Waals surface area contributed by atoms with Gasteiger partial charge < -0.3 is 19.9 Å². The molecular weight excluding hydrogens is 325 g/mol. The van der Waals surface area contributed by atoms with E-state index >= 15 is 0 Å². The van der Waals surface area contributed by atoms with Crippen LogP contribution in [0, 0.1) is 17.7 Å². The van der Waals surface area contributed by atoms with Crippen molar-refractivity contribution >= 4 is 17.6 Å². The highest BCUT2D eigenvalue weighted by Gasteiger charge is 2.33. The average Bonchev–Trinajstić information content (AvgIpc) is 3.26. The molecule has 1 aromatic rings. The van der Waals surface area contributed by atoms with Crippen LogP contribution in [0.5, 0.6) is 0 Å². The molecule has 0 radical (unpaired) electrons. The van der Waals surface area contributed by atoms with Gasteiger partial charge in [-0.25, -0.2) is 9.18 Å². The minimum atomic E-state index is -0.598. The van der Waals surface area contributed by atoms with Crippen LogP contribution in [-0.2, 0) is 4.74 Å². The Morgan fingerprint density at radius 2 is 2.08 bits per heavy atom. The minimum absolute atomic E-state index is 0.0507. The summed E-state index contributed by atoms with van der Waals surface area (Å²) in [6.07, 6.45) is 2.04. The van der Waals surface area contributed by atoms with Gasteiger partial charge in [0.15, 0.2) is 0 Å². The molecule has 2 fully saturated rings. The molecule has 2 atom stereocenters. The number of carbonyl (C=O) groups excluding carboxylic acids is 2. The summed E-state index contributed by atoms with van der Waals surface area (Å²) in [5.41, 5.74) is 0.370. The number of benzene rings is 1. The molecule has 1 aromatic carbocycles. The summed E-state index contributed by atoms with van der Waals surface area (Å²) >= 11 is 0. The Morgan fingerprint density at radius 1 is 1.28 bits per heavy atom. The van der Waals surface area contributed by atoms with E-state index in [0.717, 1.165) is 26.1 Å². The summed E-state index contributed by atoms with van der Waals surface area (Å²) < 4.78 is 19.3. The van der Waals surface area contributed by atoms with Gasteiger partial charge in [0.25, 0.3) is 5.91 Å². The van der Waals surface area contributed by atoms with Crippen LogP contribution in [-0.4, -0.2) is 62.1 Å². The SMILES string of the molecule is CN(C)C(=O)c1cc(NC(=O)N2CC[C@H]([C@H]3CCOC3)C2)ccc1F. The molecule has 1 N–H and O–H groups in total. The fraction of sp³-hybridized carbons (Fsp3) is 0.556. The van der Waals surface area contributed by atoms with Crippen molar-refractivity contribution in [1.29, 1.82) is 0 Å². The van der Waals surface area contributed by atoms with E-state index in [2.05, 4.69) is 5.32 Å². The number of carbonyl (C=O) groups is 2. The first-order chi connectivity index (χ1) is 12.0. The third-order valence-electron chi connectivity index (χ3n) is 5.00. The van der Waals surface area contributed by atoms with Crippen LogP contribution in [0.2, 0.25) is 0 Å². The fourth-order valence-corrected chi connectivity index (χ4v) is 3.49. The molecule has 0 aliphatic carbocycles. The van der Waals surface area contributed by atoms with Crippen molar-refractivity contribution in [2.45, 2.75) is 12.8 Å². The van der Waals surface area contributed by atoms with E-state index in [4.69, 9.17) is 4.74 Å². The molecule has 2 heterocycles. The number of rotatable bonds is 3. The Morgan fingerprint density at radius 3 is 2.76 bits per heavy atom. The monoisotopic (exact) mass is 349 g/mol. The van der Waals surface area contributed by atoms with Crippen molar-refractivity contribution in [3.8, 4) is 0 Å². The third-order valence-corrected chi connectivity index (χ3v) is 5.00. The number of ether oxygens (including phenoxy) is 1. The van der Waals surface area contributed by atoms with Crippen LogP contribution in [0.3, 0.4) is 0 Å². The topological polar surface area (TPSA) is 61.9 Å². The number of hydrogen-bond acceptors (Lipinski definition) is 3. The van der Waals surface area contributed by atoms with Gasteiger partial charge in [0.2, 0.25) is 0 Å². The summed E-state index contributed by atoms with van der Waals surface area (Å²) in [5, 5.41) is 2.77. The highest BCUT2D eigenvalue weighted by atomic mass is 19.1. The number of urea groups is 1. The summed E-state index contributed by atoms with van der Waals surface area (Å²) in [6.45, 7) is 3.02. The van der Waals surface area contributed by atoms with Gasteiger partial charge in [0, 0.05) is 46.1 Å². The summed E-state index contributed by atoms with van der Waals surface area (Å²) in [5.74, 6) is -0.0180. The minimum Gasteiger partial charge on any atom is -0.381 e. The predicted molar refractivity (Wildman–Crippen MR) is 92.0 cm³/mol. The third kappa shape index (κ3) is 3.92. The number of anilines is 1. The van der Waals surface area contributed by atoms with Gasteiger partial charge in [0.1, 0.15) is 5.82 Å². The van der Waals surface area contributed by atoms with Crippen LogP contribution in [0.15, 0.2) is 18.2 Å². The zero-order chi connectivity index (χ0) is 18.0. The first-order valence-electron chi connectivity index (χ1n) is 8.60. The van der Waals surface area contributed by atoms with E-state index < -0.39 is 11.7 Å². The highest BCUT2D eigenvalue weighted by molar-refractivity contribution is 5.97. The lowest BCUT2D eigenvalue weighted by atomic mass is 9.91. The van der Waals surface area contributed by atoms with Gasteiger partial charge in [-0.05, 0) is 42.9 Å². The maximum Gasteiger partial charge on any atom is 0.321 e. The normalized spacial score (nSPS) is 22.9. The Labute approximate surface area is 146 Å². The molecule has 7 heteroatoms. The molecule has 0 saturated carbocycles. The molecule has 136 valence electrons. The number of nitrogens with one attached hydrogen (secondary N) is 1. The molecule has 2 aliphatic heterocycles. The van der Waals surface area contributed by atoms with Crippen molar-refractivity contribution in [1.82, 2.24) is 9.80 Å². The van der Waals surface area contributed by atoms with Gasteiger partial charge in [-0.2, -0.15) is 0 Å². The van der Waals surface area contributed by atoms with Crippen LogP contribution in [0.4, 0.5) is 14.9 Å². The number of likely N-dealkylation sites (tertiary alicyclic amines) is 1. The first kappa shape index (κ1) is 17.7. The zero-order valence-electron chi connectivity index (χ0n) is 14.6. The molecule has 6 nitrogen and oxygen atoms in total. The van der Waals surface area contributed by atoms with Gasteiger partial charge in [-0.15, -0.1) is 0 Å². The van der Waals surface area contributed by atoms with E-state index in [9.17, 15) is 14.0 Å². The van der Waals surface area contributed by atoms with Gasteiger partial charge in [-0.3, -0.25) is 4.79 Å². The van der Waals surface area contributed by atoms with E-state index in [0.29, 0.717) is 30.6 Å². The predicted octanol–water partition coefficient (Wildman–Crippen LogP) is 2.42. The standard InChI is InChI=1S/C18H24FN3O3/c1-21(2)17(23)15-9-14(3-4-16(15)19)20-18(24)22-7-5-12(10-22)13-6-8-25-11-13/h3-4,9,12-13H,5-8,10-11H2,1-2H3,(H,20,24)/t12-,13-/m0/s1. The number of hydrogen-bond donors (Lipinski definition) is 1. The van der Waals surface area contributed by atoms with Crippen molar-refractivity contribution in [2.75, 3.05) is 45.7 Å². The van der Waals surface area contributed by atoms with Crippen LogP contribution in [0.25, 0.3) is 0 Å². The second kappa shape index (κ2) is 7.39. The van der Waals surface area contributed by atoms with Crippen molar-refractivity contribution in [3.63, 3.8) is 0 Å². The summed E-state index contributed by atoms with van der Waals surface area (Å²) in [4.78, 5) is 27.6. The van der Waals surface area contributed by atoms with Gasteiger partial charge in [-0.1, -0.05) is 0 Å². The van der Waals surface area contributed by atoms with Crippen LogP contribution < -0.4 is 5.32 Å². The lowest BCUT2D eigenvalue weighted by Crippen LogP contribution is -2.34. The molecule has 0 bridgehead atoms. The summed E-state index contributed by atoms with van der Waals surface area (Å²) in [6, 6.07) is 3.84. The molecule has 3 rings (SSSR count). The molecule has 3 amide bonds. The Kier molecular flexibility index (Phi) is 5.22. The number of nitrogens with zero attached hydrogens (tertiary/aromatic N) is 2. The van der Waals surface area contributed by atoms with Gasteiger partial charge >= 0.3 is 6.03 Å². The van der Waals surface area contributed by atoms with Crippen molar-refractivity contribution in [2.24, 2.45) is 11.8 Å². The second-order valence-corrected chi connectivity index (χ2v) is 6.94. The Hall–Kier alpha value is -2.15. The second-order valence-electron chi connectivity index (χ2n) is 6.94. The maximum atomic E-state index is 13.9. The van der Waals surface area contributed by atoms with E-state index in [1.165, 1.54) is 23.1 Å². The molecule has 0 spiro atoms. The quantitative estimate of drug-likeness (QED) is 0.912. The smallest absolute Gasteiger partial charge is 0.321 e. The van der Waals surface area contributed by atoms with E-state index in [-0.39, 0.29) is 11.6 Å². The van der Waals surface area contributed by atoms with Gasteiger partial charge in [0.05, 0.1) is 5.56 Å². The van der Waals surface area contributed by atoms with Crippen molar-refractivity contribution < 1.29 is 18.7 Å². The van der Waals surface area contributed by atoms with E-state index in [1.807, 2.05) is 0 Å². The first-order valence-corrected chi connectivity index (χ1v) is 8.60. The molecule has 25 heavy (non-hydrogen) atoms. The molecular formula is C18H24FN3O3. The molecule has 0 aromatic heterocycles.